The molecule has 0 saturated heterocycles. The molecule has 0 radical (unpaired) electrons. The molecule has 0 amide bonds. The van der Waals surface area contributed by atoms with Crippen LogP contribution in [0.25, 0.3) is 11.1 Å². The Balaban J connectivity index is 1.91. The summed E-state index contributed by atoms with van der Waals surface area (Å²) in [7, 11) is 0. The zero-order valence-electron chi connectivity index (χ0n) is 11.3. The van der Waals surface area contributed by atoms with Crippen molar-refractivity contribution in [1.29, 1.82) is 0 Å². The molecule has 0 bridgehead atoms. The summed E-state index contributed by atoms with van der Waals surface area (Å²) in [6, 6.07) is 18.6. The van der Waals surface area contributed by atoms with Gasteiger partial charge in [-0.1, -0.05) is 54.6 Å². The van der Waals surface area contributed by atoms with E-state index in [4.69, 9.17) is 5.11 Å². The summed E-state index contributed by atoms with van der Waals surface area (Å²) < 4.78 is 0. The van der Waals surface area contributed by atoms with Gasteiger partial charge in [0.15, 0.2) is 0 Å². The molecule has 20 heavy (non-hydrogen) atoms. The van der Waals surface area contributed by atoms with E-state index in [1.54, 1.807) is 0 Å². The third-order valence-electron chi connectivity index (χ3n) is 4.01. The molecule has 0 aliphatic heterocycles. The molecule has 1 aliphatic carbocycles. The summed E-state index contributed by atoms with van der Waals surface area (Å²) in [4.78, 5) is 11.1. The van der Waals surface area contributed by atoms with E-state index in [1.165, 1.54) is 11.1 Å². The third kappa shape index (κ3) is 2.90. The minimum absolute atomic E-state index is 0.163. The van der Waals surface area contributed by atoms with Crippen molar-refractivity contribution in [2.24, 2.45) is 5.92 Å². The van der Waals surface area contributed by atoms with Gasteiger partial charge < -0.3 is 5.11 Å². The second-order valence-electron chi connectivity index (χ2n) is 5.53. The van der Waals surface area contributed by atoms with Crippen LogP contribution in [-0.4, -0.2) is 11.1 Å². The third-order valence-corrected chi connectivity index (χ3v) is 4.01. The summed E-state index contributed by atoms with van der Waals surface area (Å²) in [6.45, 7) is 0. The zero-order chi connectivity index (χ0) is 13.9. The Morgan fingerprint density at radius 3 is 2.40 bits per heavy atom. The van der Waals surface area contributed by atoms with Gasteiger partial charge in [-0.25, -0.2) is 0 Å². The Kier molecular flexibility index (Phi) is 3.55. The molecule has 3 rings (SSSR count). The van der Waals surface area contributed by atoms with Crippen LogP contribution in [-0.2, 0) is 4.79 Å². The number of benzene rings is 2. The summed E-state index contributed by atoms with van der Waals surface area (Å²) >= 11 is 0. The lowest BCUT2D eigenvalue weighted by atomic mass is 9.89. The Bertz CT molecular complexity index is 600. The average molecular weight is 266 g/mol. The molecule has 0 heterocycles. The van der Waals surface area contributed by atoms with Crippen molar-refractivity contribution >= 4 is 5.97 Å². The standard InChI is InChI=1S/C18H18O2/c19-18(20)12-17(14-9-10-14)16-8-4-7-15(11-16)13-5-2-1-3-6-13/h1-8,11,14,17H,9-10,12H2,(H,19,20). The summed E-state index contributed by atoms with van der Waals surface area (Å²) in [5.74, 6) is 0.0142. The van der Waals surface area contributed by atoms with Crippen LogP contribution < -0.4 is 0 Å². The molecule has 102 valence electrons. The maximum absolute atomic E-state index is 11.1. The van der Waals surface area contributed by atoms with Crippen molar-refractivity contribution in [3.8, 4) is 11.1 Å². The molecule has 2 heteroatoms. The van der Waals surface area contributed by atoms with Gasteiger partial charge >= 0.3 is 5.97 Å². The van der Waals surface area contributed by atoms with Gasteiger partial charge in [-0.05, 0) is 41.4 Å². The van der Waals surface area contributed by atoms with Gasteiger partial charge in [0.05, 0.1) is 6.42 Å². The number of carboxylic acids is 1. The highest BCUT2D eigenvalue weighted by molar-refractivity contribution is 5.69. The smallest absolute Gasteiger partial charge is 0.303 e. The van der Waals surface area contributed by atoms with Crippen LogP contribution in [0, 0.1) is 5.92 Å². The van der Waals surface area contributed by atoms with Crippen molar-refractivity contribution < 1.29 is 9.90 Å². The fourth-order valence-electron chi connectivity index (χ4n) is 2.82. The number of hydrogen-bond acceptors (Lipinski definition) is 1. The molecule has 1 unspecified atom stereocenters. The monoisotopic (exact) mass is 266 g/mol. The highest BCUT2D eigenvalue weighted by atomic mass is 16.4. The predicted molar refractivity (Wildman–Crippen MR) is 79.6 cm³/mol. The molecule has 0 spiro atoms. The maximum atomic E-state index is 11.1. The van der Waals surface area contributed by atoms with E-state index in [1.807, 2.05) is 24.3 Å². The Labute approximate surface area is 119 Å². The van der Waals surface area contributed by atoms with Crippen molar-refractivity contribution in [2.45, 2.75) is 25.2 Å². The van der Waals surface area contributed by atoms with E-state index in [-0.39, 0.29) is 12.3 Å². The second-order valence-corrected chi connectivity index (χ2v) is 5.53. The first kappa shape index (κ1) is 12.9. The molecule has 2 aromatic rings. The van der Waals surface area contributed by atoms with Gasteiger partial charge in [0, 0.05) is 0 Å². The first-order valence-electron chi connectivity index (χ1n) is 7.11. The normalized spacial score (nSPS) is 15.8. The van der Waals surface area contributed by atoms with Crippen LogP contribution in [0.1, 0.15) is 30.7 Å². The van der Waals surface area contributed by atoms with Gasteiger partial charge in [0.25, 0.3) is 0 Å². The van der Waals surface area contributed by atoms with Crippen molar-refractivity contribution in [3.63, 3.8) is 0 Å². The minimum atomic E-state index is -0.702. The number of carbonyl (C=O) groups is 1. The molecular formula is C18H18O2. The number of rotatable bonds is 5. The quantitative estimate of drug-likeness (QED) is 0.875. The van der Waals surface area contributed by atoms with E-state index in [0.29, 0.717) is 5.92 Å². The lowest BCUT2D eigenvalue weighted by Gasteiger charge is -2.15. The molecule has 1 atom stereocenters. The molecule has 1 aliphatic rings. The fourth-order valence-corrected chi connectivity index (χ4v) is 2.82. The SMILES string of the molecule is O=C(O)CC(c1cccc(-c2ccccc2)c1)C1CC1. The van der Waals surface area contributed by atoms with E-state index in [2.05, 4.69) is 30.3 Å². The summed E-state index contributed by atoms with van der Waals surface area (Å²) in [5.41, 5.74) is 3.51. The molecule has 2 nitrogen and oxygen atoms in total. The van der Waals surface area contributed by atoms with Gasteiger partial charge in [-0.2, -0.15) is 0 Å². The van der Waals surface area contributed by atoms with Gasteiger partial charge in [-0.3, -0.25) is 4.79 Å². The van der Waals surface area contributed by atoms with Crippen molar-refractivity contribution in [3.05, 3.63) is 60.2 Å². The zero-order valence-corrected chi connectivity index (χ0v) is 11.3. The molecular weight excluding hydrogens is 248 g/mol. The molecule has 1 fully saturated rings. The van der Waals surface area contributed by atoms with E-state index < -0.39 is 5.97 Å². The number of carboxylic acid groups (broad SMARTS) is 1. The van der Waals surface area contributed by atoms with Crippen LogP contribution in [0.2, 0.25) is 0 Å². The van der Waals surface area contributed by atoms with Crippen molar-refractivity contribution in [2.75, 3.05) is 0 Å². The fraction of sp³-hybridized carbons (Fsp3) is 0.278. The molecule has 2 aromatic carbocycles. The van der Waals surface area contributed by atoms with Gasteiger partial charge in [-0.15, -0.1) is 0 Å². The van der Waals surface area contributed by atoms with Crippen LogP contribution in [0.4, 0.5) is 0 Å². The van der Waals surface area contributed by atoms with Gasteiger partial charge in [0.1, 0.15) is 0 Å². The van der Waals surface area contributed by atoms with Gasteiger partial charge in [0.2, 0.25) is 0 Å². The van der Waals surface area contributed by atoms with E-state index in [0.717, 1.165) is 18.4 Å². The maximum Gasteiger partial charge on any atom is 0.303 e. The summed E-state index contributed by atoms with van der Waals surface area (Å²) in [6.07, 6.45) is 2.56. The second kappa shape index (κ2) is 5.49. The minimum Gasteiger partial charge on any atom is -0.481 e. The van der Waals surface area contributed by atoms with Crippen molar-refractivity contribution in [1.82, 2.24) is 0 Å². The largest absolute Gasteiger partial charge is 0.481 e. The Morgan fingerprint density at radius 1 is 1.05 bits per heavy atom. The Morgan fingerprint density at radius 2 is 1.75 bits per heavy atom. The summed E-state index contributed by atoms with van der Waals surface area (Å²) in [5, 5.41) is 9.11. The Hall–Kier alpha value is -2.09. The van der Waals surface area contributed by atoms with E-state index >= 15 is 0 Å². The molecule has 0 aromatic heterocycles. The number of aliphatic carboxylic acids is 1. The predicted octanol–water partition coefficient (Wildman–Crippen LogP) is 4.32. The highest BCUT2D eigenvalue weighted by Crippen LogP contribution is 2.45. The van der Waals surface area contributed by atoms with Crippen LogP contribution in [0.15, 0.2) is 54.6 Å². The first-order valence-corrected chi connectivity index (χ1v) is 7.11. The number of hydrogen-bond donors (Lipinski definition) is 1. The van der Waals surface area contributed by atoms with E-state index in [9.17, 15) is 4.79 Å². The lowest BCUT2D eigenvalue weighted by molar-refractivity contribution is -0.137. The highest BCUT2D eigenvalue weighted by Gasteiger charge is 2.33. The van der Waals surface area contributed by atoms with Crippen LogP contribution in [0.3, 0.4) is 0 Å². The van der Waals surface area contributed by atoms with Crippen LogP contribution >= 0.6 is 0 Å². The average Bonchev–Trinajstić information content (AvgIpc) is 3.30. The first-order chi connectivity index (χ1) is 9.74. The molecule has 1 saturated carbocycles. The van der Waals surface area contributed by atoms with Crippen LogP contribution in [0.5, 0.6) is 0 Å². The topological polar surface area (TPSA) is 37.3 Å². The molecule has 1 N–H and O–H groups in total. The lowest BCUT2D eigenvalue weighted by Crippen LogP contribution is -2.08.